The Labute approximate surface area is 167 Å². The van der Waals surface area contributed by atoms with Crippen LogP contribution >= 0.6 is 0 Å². The summed E-state index contributed by atoms with van der Waals surface area (Å²) >= 11 is 0. The number of carbonyl (C=O) groups excluding carboxylic acids is 6. The van der Waals surface area contributed by atoms with Crippen molar-refractivity contribution in [2.45, 2.75) is 60.8 Å². The maximum absolute atomic E-state index is 11.7. The van der Waals surface area contributed by atoms with Crippen LogP contribution in [-0.4, -0.2) is 59.2 Å². The van der Waals surface area contributed by atoms with Crippen LogP contribution in [0, 0.1) is 17.8 Å². The van der Waals surface area contributed by atoms with Crippen molar-refractivity contribution in [2.24, 2.45) is 17.8 Å². The molecule has 0 bridgehead atoms. The van der Waals surface area contributed by atoms with E-state index in [2.05, 4.69) is 0 Å². The van der Waals surface area contributed by atoms with Gasteiger partial charge in [0.05, 0.1) is 17.8 Å². The summed E-state index contributed by atoms with van der Waals surface area (Å²) in [5.74, 6) is -3.33. The van der Waals surface area contributed by atoms with Gasteiger partial charge >= 0.3 is 0 Å². The minimum Gasteiger partial charge on any atom is -0.303 e. The number of rotatable bonds is 15. The average molecular weight is 395 g/mol. The molecule has 0 aromatic heterocycles. The number of Topliss-reactive ketones (excluding diaryl/α,β-unsaturated/α-hetero) is 6. The third-order valence-corrected chi connectivity index (χ3v) is 5.15. The molecule has 0 aromatic carbocycles. The zero-order valence-corrected chi connectivity index (χ0v) is 17.9. The van der Waals surface area contributed by atoms with Crippen LogP contribution in [0.15, 0.2) is 0 Å². The number of nitrogens with zero attached hydrogens (tertiary/aromatic N) is 1. The van der Waals surface area contributed by atoms with Gasteiger partial charge in [0.1, 0.15) is 34.7 Å². The Kier molecular flexibility index (Phi) is 11.5. The number of ketones is 6. The van der Waals surface area contributed by atoms with E-state index in [0.29, 0.717) is 38.9 Å². The van der Waals surface area contributed by atoms with Gasteiger partial charge in [-0.1, -0.05) is 0 Å². The van der Waals surface area contributed by atoms with Crippen LogP contribution in [0.2, 0.25) is 0 Å². The molecule has 0 fully saturated rings. The van der Waals surface area contributed by atoms with Gasteiger partial charge in [-0.3, -0.25) is 28.8 Å². The highest BCUT2D eigenvalue weighted by Crippen LogP contribution is 2.14. The molecule has 28 heavy (non-hydrogen) atoms. The first-order valence-corrected chi connectivity index (χ1v) is 9.63. The van der Waals surface area contributed by atoms with E-state index < -0.39 is 17.8 Å². The lowest BCUT2D eigenvalue weighted by molar-refractivity contribution is -0.132. The van der Waals surface area contributed by atoms with Crippen molar-refractivity contribution >= 4 is 34.7 Å². The predicted octanol–water partition coefficient (Wildman–Crippen LogP) is 1.84. The zero-order valence-electron chi connectivity index (χ0n) is 17.9. The van der Waals surface area contributed by atoms with Crippen molar-refractivity contribution in [3.8, 4) is 0 Å². The zero-order chi connectivity index (χ0) is 22.0. The standard InChI is InChI=1S/C21H33NO6/c1-13(23)19(14(2)24)7-10-22(11-8-20(15(3)25)16(4)26)12-9-21(17(5)27)18(6)28/h19-21H,7-12H2,1-6H3. The van der Waals surface area contributed by atoms with Crippen LogP contribution in [0.1, 0.15) is 60.8 Å². The lowest BCUT2D eigenvalue weighted by atomic mass is 9.94. The van der Waals surface area contributed by atoms with Gasteiger partial charge < -0.3 is 4.90 Å². The SMILES string of the molecule is CC(=O)C(CCN(CCC(C(C)=O)C(C)=O)CCC(C(C)=O)C(C)=O)C(C)=O. The maximum Gasteiger partial charge on any atom is 0.140 e. The van der Waals surface area contributed by atoms with Crippen LogP contribution in [0.25, 0.3) is 0 Å². The summed E-state index contributed by atoms with van der Waals surface area (Å²) in [7, 11) is 0. The number of hydrogen-bond donors (Lipinski definition) is 0. The fourth-order valence-corrected chi connectivity index (χ4v) is 3.35. The Morgan fingerprint density at radius 2 is 0.643 bits per heavy atom. The van der Waals surface area contributed by atoms with Crippen LogP contribution in [0.3, 0.4) is 0 Å². The van der Waals surface area contributed by atoms with E-state index in [9.17, 15) is 28.8 Å². The normalized spacial score (nSPS) is 11.4. The molecular formula is C21H33NO6. The Balaban J connectivity index is 5.18. The molecule has 0 saturated heterocycles. The molecule has 0 N–H and O–H groups in total. The summed E-state index contributed by atoms with van der Waals surface area (Å²) in [5, 5.41) is 0. The van der Waals surface area contributed by atoms with Crippen LogP contribution in [0.4, 0.5) is 0 Å². The van der Waals surface area contributed by atoms with E-state index in [1.165, 1.54) is 41.5 Å². The molecule has 0 heterocycles. The van der Waals surface area contributed by atoms with Crippen LogP contribution in [0.5, 0.6) is 0 Å². The molecular weight excluding hydrogens is 362 g/mol. The Hall–Kier alpha value is -2.02. The van der Waals surface area contributed by atoms with E-state index in [4.69, 9.17) is 0 Å². The third-order valence-electron chi connectivity index (χ3n) is 5.15. The fourth-order valence-electron chi connectivity index (χ4n) is 3.35. The van der Waals surface area contributed by atoms with Gasteiger partial charge in [-0.2, -0.15) is 0 Å². The highest BCUT2D eigenvalue weighted by atomic mass is 16.2. The Bertz CT molecular complexity index is 497. The monoisotopic (exact) mass is 395 g/mol. The van der Waals surface area contributed by atoms with Crippen molar-refractivity contribution in [3.05, 3.63) is 0 Å². The molecule has 158 valence electrons. The molecule has 7 heteroatoms. The van der Waals surface area contributed by atoms with Gasteiger partial charge in [0.25, 0.3) is 0 Å². The van der Waals surface area contributed by atoms with E-state index in [0.717, 1.165) is 0 Å². The van der Waals surface area contributed by atoms with E-state index in [1.807, 2.05) is 4.90 Å². The van der Waals surface area contributed by atoms with Crippen molar-refractivity contribution in [1.29, 1.82) is 0 Å². The molecule has 0 saturated carbocycles. The lowest BCUT2D eigenvalue weighted by Gasteiger charge is -2.26. The predicted molar refractivity (Wildman–Crippen MR) is 105 cm³/mol. The van der Waals surface area contributed by atoms with Crippen molar-refractivity contribution in [1.82, 2.24) is 4.90 Å². The van der Waals surface area contributed by atoms with E-state index >= 15 is 0 Å². The highest BCUT2D eigenvalue weighted by Gasteiger charge is 2.25. The van der Waals surface area contributed by atoms with E-state index in [1.54, 1.807) is 0 Å². The van der Waals surface area contributed by atoms with Crippen molar-refractivity contribution < 1.29 is 28.8 Å². The van der Waals surface area contributed by atoms with Gasteiger partial charge in [-0.15, -0.1) is 0 Å². The minimum atomic E-state index is -0.699. The summed E-state index contributed by atoms with van der Waals surface area (Å²) in [6.45, 7) is 9.44. The summed E-state index contributed by atoms with van der Waals surface area (Å²) in [5.41, 5.74) is 0. The minimum absolute atomic E-state index is 0.205. The molecule has 0 atom stereocenters. The summed E-state index contributed by atoms with van der Waals surface area (Å²) in [6.07, 6.45) is 0.959. The molecule has 0 radical (unpaired) electrons. The second-order valence-corrected chi connectivity index (χ2v) is 7.53. The Morgan fingerprint density at radius 1 is 0.464 bits per heavy atom. The first-order chi connectivity index (χ1) is 12.9. The topological polar surface area (TPSA) is 106 Å². The molecule has 0 spiro atoms. The van der Waals surface area contributed by atoms with Crippen molar-refractivity contribution in [2.75, 3.05) is 19.6 Å². The summed E-state index contributed by atoms with van der Waals surface area (Å²) < 4.78 is 0. The summed E-state index contributed by atoms with van der Waals surface area (Å²) in [4.78, 5) is 71.9. The molecule has 0 aliphatic heterocycles. The smallest absolute Gasteiger partial charge is 0.140 e. The first-order valence-electron chi connectivity index (χ1n) is 9.63. The first kappa shape index (κ1) is 26.0. The van der Waals surface area contributed by atoms with Crippen LogP contribution in [-0.2, 0) is 28.8 Å². The second kappa shape index (κ2) is 12.4. The molecule has 0 rings (SSSR count). The fraction of sp³-hybridized carbons (Fsp3) is 0.714. The Morgan fingerprint density at radius 3 is 0.786 bits per heavy atom. The van der Waals surface area contributed by atoms with Gasteiger partial charge in [-0.25, -0.2) is 0 Å². The van der Waals surface area contributed by atoms with Crippen LogP contribution < -0.4 is 0 Å². The molecule has 7 nitrogen and oxygen atoms in total. The van der Waals surface area contributed by atoms with Gasteiger partial charge in [-0.05, 0) is 80.4 Å². The quantitative estimate of drug-likeness (QED) is 0.390. The number of hydrogen-bond acceptors (Lipinski definition) is 7. The molecule has 0 aliphatic rings. The molecule has 0 amide bonds. The molecule has 0 aliphatic carbocycles. The largest absolute Gasteiger partial charge is 0.303 e. The number of carbonyl (C=O) groups is 6. The second-order valence-electron chi connectivity index (χ2n) is 7.53. The van der Waals surface area contributed by atoms with E-state index in [-0.39, 0.29) is 34.7 Å². The lowest BCUT2D eigenvalue weighted by Crippen LogP contribution is -2.35. The average Bonchev–Trinajstić information content (AvgIpc) is 2.52. The maximum atomic E-state index is 11.7. The molecule has 0 aromatic rings. The van der Waals surface area contributed by atoms with Gasteiger partial charge in [0.2, 0.25) is 0 Å². The highest BCUT2D eigenvalue weighted by molar-refractivity contribution is 6.01. The van der Waals surface area contributed by atoms with Gasteiger partial charge in [0.15, 0.2) is 0 Å². The van der Waals surface area contributed by atoms with Gasteiger partial charge in [0, 0.05) is 0 Å². The summed E-state index contributed by atoms with van der Waals surface area (Å²) in [6, 6.07) is 0. The molecule has 0 unspecified atom stereocenters. The third kappa shape index (κ3) is 9.26. The van der Waals surface area contributed by atoms with Crippen molar-refractivity contribution in [3.63, 3.8) is 0 Å².